The first-order valence-corrected chi connectivity index (χ1v) is 10.3. The molecule has 1 saturated heterocycles. The number of anilines is 2. The third-order valence-electron chi connectivity index (χ3n) is 4.95. The molecule has 1 fully saturated rings. The maximum absolute atomic E-state index is 12.4. The van der Waals surface area contributed by atoms with E-state index in [-0.39, 0.29) is 35.6 Å². The minimum absolute atomic E-state index is 0.0335. The molecule has 1 heterocycles. The zero-order chi connectivity index (χ0) is 24.0. The van der Waals surface area contributed by atoms with E-state index in [2.05, 4.69) is 5.32 Å². The van der Waals surface area contributed by atoms with Crippen LogP contribution < -0.4 is 19.7 Å². The summed E-state index contributed by atoms with van der Waals surface area (Å²) in [6, 6.07) is 10.9. The minimum atomic E-state index is -4.46. The van der Waals surface area contributed by atoms with Gasteiger partial charge in [-0.1, -0.05) is 6.07 Å². The smallest absolute Gasteiger partial charge is 0.422 e. The predicted molar refractivity (Wildman–Crippen MR) is 114 cm³/mol. The first-order valence-electron chi connectivity index (χ1n) is 10.3. The van der Waals surface area contributed by atoms with Gasteiger partial charge in [-0.2, -0.15) is 13.2 Å². The van der Waals surface area contributed by atoms with Crippen molar-refractivity contribution in [1.29, 1.82) is 0 Å². The fourth-order valence-corrected chi connectivity index (χ4v) is 3.36. The van der Waals surface area contributed by atoms with Crippen LogP contribution in [0.4, 0.5) is 24.5 Å². The maximum atomic E-state index is 12.4. The number of carbonyl (C=O) groups excluding carboxylic acids is 3. The number of aryl methyl sites for hydroxylation is 1. The van der Waals surface area contributed by atoms with Crippen molar-refractivity contribution in [3.05, 3.63) is 48.0 Å². The summed E-state index contributed by atoms with van der Waals surface area (Å²) in [5.41, 5.74) is 1.66. The topological polar surface area (TPSA) is 84.9 Å². The van der Waals surface area contributed by atoms with Crippen LogP contribution in [-0.2, 0) is 20.8 Å². The Morgan fingerprint density at radius 1 is 1.03 bits per heavy atom. The van der Waals surface area contributed by atoms with E-state index in [9.17, 15) is 27.6 Å². The standard InChI is InChI=1S/C23H23F3N2O5/c1-32-19-13-15(5-11-18(19)33-14-23(24,25)26)6-12-20(29)27-16-7-9-17(10-8-16)28-21(30)3-2-4-22(28)31/h5,7-11,13H,2-4,6,12,14H2,1H3,(H,27,29). The Bertz CT molecular complexity index is 1010. The van der Waals surface area contributed by atoms with Gasteiger partial charge in [0.05, 0.1) is 12.8 Å². The summed E-state index contributed by atoms with van der Waals surface area (Å²) in [6.07, 6.45) is -2.81. The van der Waals surface area contributed by atoms with E-state index < -0.39 is 12.8 Å². The van der Waals surface area contributed by atoms with Gasteiger partial charge in [-0.3, -0.25) is 19.3 Å². The van der Waals surface area contributed by atoms with Crippen molar-refractivity contribution >= 4 is 29.1 Å². The number of hydrogen-bond acceptors (Lipinski definition) is 5. The van der Waals surface area contributed by atoms with E-state index in [1.54, 1.807) is 30.3 Å². The number of methoxy groups -OCH3 is 1. The highest BCUT2D eigenvalue weighted by Gasteiger charge is 2.29. The molecule has 0 aliphatic carbocycles. The average molecular weight is 464 g/mol. The van der Waals surface area contributed by atoms with Crippen molar-refractivity contribution < 1.29 is 37.0 Å². The first kappa shape index (κ1) is 24.1. The summed E-state index contributed by atoms with van der Waals surface area (Å²) in [5.74, 6) is -0.644. The third kappa shape index (κ3) is 6.71. The first-order chi connectivity index (χ1) is 15.7. The van der Waals surface area contributed by atoms with Crippen LogP contribution in [0, 0.1) is 0 Å². The maximum Gasteiger partial charge on any atom is 0.422 e. The van der Waals surface area contributed by atoms with Gasteiger partial charge >= 0.3 is 6.18 Å². The fourth-order valence-electron chi connectivity index (χ4n) is 3.36. The van der Waals surface area contributed by atoms with Gasteiger partial charge in [-0.05, 0) is 54.8 Å². The lowest BCUT2D eigenvalue weighted by Gasteiger charge is -2.24. The Hall–Kier alpha value is -3.56. The minimum Gasteiger partial charge on any atom is -0.493 e. The lowest BCUT2D eigenvalue weighted by molar-refractivity contribution is -0.153. The number of nitrogens with one attached hydrogen (secondary N) is 1. The molecule has 1 N–H and O–H groups in total. The Morgan fingerprint density at radius 3 is 2.30 bits per heavy atom. The lowest BCUT2D eigenvalue weighted by atomic mass is 10.1. The van der Waals surface area contributed by atoms with Crippen LogP contribution in [0.5, 0.6) is 11.5 Å². The number of imide groups is 1. The molecule has 0 bridgehead atoms. The second-order valence-corrected chi connectivity index (χ2v) is 7.46. The van der Waals surface area contributed by atoms with E-state index in [4.69, 9.17) is 9.47 Å². The van der Waals surface area contributed by atoms with Crippen LogP contribution in [0.15, 0.2) is 42.5 Å². The second-order valence-electron chi connectivity index (χ2n) is 7.46. The van der Waals surface area contributed by atoms with Crippen molar-refractivity contribution in [2.45, 2.75) is 38.3 Å². The van der Waals surface area contributed by atoms with Gasteiger partial charge < -0.3 is 14.8 Å². The number of amides is 3. The van der Waals surface area contributed by atoms with Crippen molar-refractivity contribution in [2.75, 3.05) is 23.9 Å². The molecule has 3 rings (SSSR count). The highest BCUT2D eigenvalue weighted by Crippen LogP contribution is 2.30. The fraction of sp³-hybridized carbons (Fsp3) is 0.348. The Kier molecular flexibility index (Phi) is 7.57. The molecule has 2 aromatic rings. The lowest BCUT2D eigenvalue weighted by Crippen LogP contribution is -2.40. The number of ether oxygens (including phenoxy) is 2. The van der Waals surface area contributed by atoms with Crippen molar-refractivity contribution in [3.8, 4) is 11.5 Å². The molecule has 0 spiro atoms. The van der Waals surface area contributed by atoms with Crippen LogP contribution in [0.25, 0.3) is 0 Å². The summed E-state index contributed by atoms with van der Waals surface area (Å²) in [4.78, 5) is 37.5. The number of hydrogen-bond donors (Lipinski definition) is 1. The second kappa shape index (κ2) is 10.4. The quantitative estimate of drug-likeness (QED) is 0.591. The van der Waals surface area contributed by atoms with Crippen molar-refractivity contribution in [3.63, 3.8) is 0 Å². The van der Waals surface area contributed by atoms with E-state index in [0.717, 1.165) is 4.90 Å². The molecular weight excluding hydrogens is 441 g/mol. The van der Waals surface area contributed by atoms with Crippen LogP contribution in [0.3, 0.4) is 0 Å². The van der Waals surface area contributed by atoms with Crippen LogP contribution in [0.1, 0.15) is 31.2 Å². The van der Waals surface area contributed by atoms with Crippen molar-refractivity contribution in [2.24, 2.45) is 0 Å². The molecule has 0 aromatic heterocycles. The zero-order valence-corrected chi connectivity index (χ0v) is 17.9. The number of piperidine rings is 1. The van der Waals surface area contributed by atoms with Gasteiger partial charge in [-0.25, -0.2) is 0 Å². The van der Waals surface area contributed by atoms with Gasteiger partial charge in [0.1, 0.15) is 0 Å². The van der Waals surface area contributed by atoms with E-state index in [1.807, 2.05) is 0 Å². The van der Waals surface area contributed by atoms with Gasteiger partial charge in [0, 0.05) is 24.9 Å². The molecule has 0 atom stereocenters. The van der Waals surface area contributed by atoms with Crippen LogP contribution >= 0.6 is 0 Å². The Morgan fingerprint density at radius 2 is 1.70 bits per heavy atom. The predicted octanol–water partition coefficient (Wildman–Crippen LogP) is 4.25. The normalized spacial score (nSPS) is 14.2. The Labute approximate surface area is 188 Å². The number of alkyl halides is 3. The van der Waals surface area contributed by atoms with Gasteiger partial charge in [-0.15, -0.1) is 0 Å². The molecular formula is C23H23F3N2O5. The monoisotopic (exact) mass is 464 g/mol. The SMILES string of the molecule is COc1cc(CCC(=O)Nc2ccc(N3C(=O)CCCC3=O)cc2)ccc1OCC(F)(F)F. The van der Waals surface area contributed by atoms with Gasteiger partial charge in [0.25, 0.3) is 0 Å². The average Bonchev–Trinajstić information content (AvgIpc) is 2.77. The molecule has 176 valence electrons. The van der Waals surface area contributed by atoms with E-state index >= 15 is 0 Å². The third-order valence-corrected chi connectivity index (χ3v) is 4.95. The molecule has 7 nitrogen and oxygen atoms in total. The number of carbonyl (C=O) groups is 3. The molecule has 10 heteroatoms. The highest BCUT2D eigenvalue weighted by molar-refractivity contribution is 6.16. The number of nitrogens with zero attached hydrogens (tertiary/aromatic N) is 1. The van der Waals surface area contributed by atoms with E-state index in [1.165, 1.54) is 19.2 Å². The van der Waals surface area contributed by atoms with Crippen molar-refractivity contribution in [1.82, 2.24) is 0 Å². The molecule has 3 amide bonds. The number of benzene rings is 2. The molecule has 1 aliphatic heterocycles. The zero-order valence-electron chi connectivity index (χ0n) is 17.9. The molecule has 0 radical (unpaired) electrons. The van der Waals surface area contributed by atoms with Crippen LogP contribution in [-0.4, -0.2) is 37.6 Å². The van der Waals surface area contributed by atoms with Gasteiger partial charge in [0.15, 0.2) is 18.1 Å². The largest absolute Gasteiger partial charge is 0.493 e. The summed E-state index contributed by atoms with van der Waals surface area (Å²) in [5, 5.41) is 2.73. The molecule has 0 unspecified atom stereocenters. The molecule has 2 aromatic carbocycles. The highest BCUT2D eigenvalue weighted by atomic mass is 19.4. The number of rotatable bonds is 8. The van der Waals surface area contributed by atoms with Gasteiger partial charge in [0.2, 0.25) is 17.7 Å². The summed E-state index contributed by atoms with van der Waals surface area (Å²) >= 11 is 0. The summed E-state index contributed by atoms with van der Waals surface area (Å²) in [6.45, 7) is -1.43. The molecule has 33 heavy (non-hydrogen) atoms. The molecule has 1 aliphatic rings. The van der Waals surface area contributed by atoms with Crippen LogP contribution in [0.2, 0.25) is 0 Å². The van der Waals surface area contributed by atoms with E-state index in [0.29, 0.717) is 42.6 Å². The number of halogens is 3. The molecule has 0 saturated carbocycles. The summed E-state index contributed by atoms with van der Waals surface area (Å²) < 4.78 is 46.9. The Balaban J connectivity index is 1.55. The summed E-state index contributed by atoms with van der Waals surface area (Å²) in [7, 11) is 1.32.